The van der Waals surface area contributed by atoms with Crippen molar-refractivity contribution in [2.24, 2.45) is 0 Å². The van der Waals surface area contributed by atoms with E-state index < -0.39 is 6.41 Å². The number of carbonyl (C=O) groups is 1. The van der Waals surface area contributed by atoms with Gasteiger partial charge in [0.1, 0.15) is 6.29 Å². The van der Waals surface area contributed by atoms with E-state index >= 15 is 0 Å². The maximum atomic E-state index is 10.7. The van der Waals surface area contributed by atoms with Gasteiger partial charge in [0.2, 0.25) is 6.41 Å². The fourth-order valence-corrected chi connectivity index (χ4v) is 2.36. The minimum Gasteiger partial charge on any atom is -0.369 e. The number of piperazine rings is 1. The van der Waals surface area contributed by atoms with E-state index in [1.165, 1.54) is 0 Å². The van der Waals surface area contributed by atoms with Gasteiger partial charge in [-0.25, -0.2) is 0 Å². The molecule has 1 heterocycles. The Morgan fingerprint density at radius 3 is 2.19 bits per heavy atom. The lowest BCUT2D eigenvalue weighted by atomic mass is 10.2. The molecule has 1 aliphatic rings. The second-order valence-electron chi connectivity index (χ2n) is 6.29. The zero-order valence-electron chi connectivity index (χ0n) is 13.0. The highest BCUT2D eigenvalue weighted by Gasteiger charge is 2.26. The molecule has 21 heavy (non-hydrogen) atoms. The van der Waals surface area contributed by atoms with Crippen LogP contribution in [-0.2, 0) is 4.74 Å². The monoisotopic (exact) mass is 292 g/mol. The SMILES string of the molecule is CC(C)(C)OC(O)N1CCN(c2ccc(C=O)cc2)CC1. The van der Waals surface area contributed by atoms with Crippen molar-refractivity contribution in [3.63, 3.8) is 0 Å². The summed E-state index contributed by atoms with van der Waals surface area (Å²) in [7, 11) is 0. The molecule has 1 unspecified atom stereocenters. The Balaban J connectivity index is 1.89. The number of hydrogen-bond acceptors (Lipinski definition) is 5. The van der Waals surface area contributed by atoms with Crippen molar-refractivity contribution >= 4 is 12.0 Å². The number of aldehydes is 1. The Bertz CT molecular complexity index is 459. The molecule has 116 valence electrons. The van der Waals surface area contributed by atoms with Crippen LogP contribution >= 0.6 is 0 Å². The van der Waals surface area contributed by atoms with Crippen LogP contribution in [0.5, 0.6) is 0 Å². The first-order chi connectivity index (χ1) is 9.89. The van der Waals surface area contributed by atoms with E-state index in [1.54, 1.807) is 0 Å². The van der Waals surface area contributed by atoms with Gasteiger partial charge in [-0.15, -0.1) is 0 Å². The van der Waals surface area contributed by atoms with E-state index in [0.717, 1.165) is 38.2 Å². The quantitative estimate of drug-likeness (QED) is 0.676. The Kier molecular flexibility index (Phi) is 4.98. The second-order valence-corrected chi connectivity index (χ2v) is 6.29. The van der Waals surface area contributed by atoms with Crippen LogP contribution in [0, 0.1) is 0 Å². The van der Waals surface area contributed by atoms with Gasteiger partial charge in [0, 0.05) is 37.4 Å². The van der Waals surface area contributed by atoms with Crippen LogP contribution in [0.3, 0.4) is 0 Å². The summed E-state index contributed by atoms with van der Waals surface area (Å²) in [4.78, 5) is 14.8. The molecule has 5 nitrogen and oxygen atoms in total. The van der Waals surface area contributed by atoms with E-state index in [4.69, 9.17) is 4.74 Å². The molecule has 0 bridgehead atoms. The van der Waals surface area contributed by atoms with E-state index in [9.17, 15) is 9.90 Å². The summed E-state index contributed by atoms with van der Waals surface area (Å²) in [6.45, 7) is 8.93. The van der Waals surface area contributed by atoms with Crippen LogP contribution in [0.1, 0.15) is 31.1 Å². The van der Waals surface area contributed by atoms with Gasteiger partial charge in [0.15, 0.2) is 0 Å². The minimum absolute atomic E-state index is 0.360. The predicted octanol–water partition coefficient (Wildman–Crippen LogP) is 1.71. The normalized spacial score (nSPS) is 18.6. The van der Waals surface area contributed by atoms with Gasteiger partial charge in [-0.05, 0) is 45.0 Å². The number of carbonyl (C=O) groups excluding carboxylic acids is 1. The first-order valence-electron chi connectivity index (χ1n) is 7.29. The smallest absolute Gasteiger partial charge is 0.216 e. The van der Waals surface area contributed by atoms with Crippen LogP contribution in [0.2, 0.25) is 0 Å². The van der Waals surface area contributed by atoms with Crippen molar-refractivity contribution in [1.82, 2.24) is 4.90 Å². The van der Waals surface area contributed by atoms with Gasteiger partial charge in [0.25, 0.3) is 0 Å². The van der Waals surface area contributed by atoms with Crippen molar-refractivity contribution < 1.29 is 14.6 Å². The third-order valence-electron chi connectivity index (χ3n) is 3.48. The van der Waals surface area contributed by atoms with Gasteiger partial charge in [0.05, 0.1) is 5.60 Å². The van der Waals surface area contributed by atoms with Crippen molar-refractivity contribution in [2.75, 3.05) is 31.1 Å². The fourth-order valence-electron chi connectivity index (χ4n) is 2.36. The minimum atomic E-state index is -0.857. The Labute approximate surface area is 126 Å². The number of aliphatic hydroxyl groups excluding tert-OH is 1. The number of anilines is 1. The molecule has 1 aliphatic heterocycles. The first-order valence-corrected chi connectivity index (χ1v) is 7.29. The zero-order valence-corrected chi connectivity index (χ0v) is 13.0. The van der Waals surface area contributed by atoms with E-state index in [2.05, 4.69) is 4.90 Å². The Hall–Kier alpha value is -1.43. The molecule has 1 N–H and O–H groups in total. The van der Waals surface area contributed by atoms with Crippen molar-refractivity contribution in [3.8, 4) is 0 Å². The van der Waals surface area contributed by atoms with Gasteiger partial charge >= 0.3 is 0 Å². The van der Waals surface area contributed by atoms with E-state index in [-0.39, 0.29) is 5.60 Å². The van der Waals surface area contributed by atoms with Gasteiger partial charge < -0.3 is 14.7 Å². The molecule has 1 atom stereocenters. The highest BCUT2D eigenvalue weighted by Crippen LogP contribution is 2.19. The average molecular weight is 292 g/mol. The molecule has 1 fully saturated rings. The van der Waals surface area contributed by atoms with Crippen molar-refractivity contribution in [3.05, 3.63) is 29.8 Å². The topological polar surface area (TPSA) is 53.0 Å². The lowest BCUT2D eigenvalue weighted by molar-refractivity contribution is -0.239. The maximum Gasteiger partial charge on any atom is 0.216 e. The molecule has 0 aromatic heterocycles. The summed E-state index contributed by atoms with van der Waals surface area (Å²) in [5, 5.41) is 10.1. The summed E-state index contributed by atoms with van der Waals surface area (Å²) in [5.41, 5.74) is 1.43. The highest BCUT2D eigenvalue weighted by atomic mass is 16.6. The van der Waals surface area contributed by atoms with Crippen LogP contribution in [-0.4, -0.2) is 54.5 Å². The number of benzene rings is 1. The molecule has 2 rings (SSSR count). The molecule has 0 radical (unpaired) electrons. The summed E-state index contributed by atoms with van der Waals surface area (Å²) in [6.07, 6.45) is -0.00774. The van der Waals surface area contributed by atoms with Crippen LogP contribution in [0.15, 0.2) is 24.3 Å². The molecular formula is C16H24N2O3. The molecule has 1 aromatic rings. The van der Waals surface area contributed by atoms with Crippen molar-refractivity contribution in [2.45, 2.75) is 32.8 Å². The van der Waals surface area contributed by atoms with Crippen LogP contribution in [0.4, 0.5) is 5.69 Å². The largest absolute Gasteiger partial charge is 0.369 e. The number of aliphatic hydroxyl groups is 1. The number of hydrogen-bond donors (Lipinski definition) is 1. The maximum absolute atomic E-state index is 10.7. The predicted molar refractivity (Wildman–Crippen MR) is 82.5 cm³/mol. The Morgan fingerprint density at radius 1 is 1.14 bits per heavy atom. The molecule has 0 spiro atoms. The zero-order chi connectivity index (χ0) is 15.5. The van der Waals surface area contributed by atoms with Crippen LogP contribution in [0.25, 0.3) is 0 Å². The van der Waals surface area contributed by atoms with Crippen molar-refractivity contribution in [1.29, 1.82) is 0 Å². The summed E-state index contributed by atoms with van der Waals surface area (Å²) >= 11 is 0. The van der Waals surface area contributed by atoms with E-state index in [0.29, 0.717) is 5.56 Å². The standard InChI is InChI=1S/C16H24N2O3/c1-16(2,3)21-15(20)18-10-8-17(9-11-18)14-6-4-13(12-19)5-7-14/h4-7,12,15,20H,8-11H2,1-3H3. The summed E-state index contributed by atoms with van der Waals surface area (Å²) in [6, 6.07) is 7.57. The van der Waals surface area contributed by atoms with Crippen LogP contribution < -0.4 is 4.90 Å². The average Bonchev–Trinajstić information content (AvgIpc) is 2.46. The van der Waals surface area contributed by atoms with E-state index in [1.807, 2.05) is 49.9 Å². The van der Waals surface area contributed by atoms with Gasteiger partial charge in [-0.2, -0.15) is 0 Å². The van der Waals surface area contributed by atoms with Gasteiger partial charge in [-0.1, -0.05) is 0 Å². The number of ether oxygens (including phenoxy) is 1. The lowest BCUT2D eigenvalue weighted by Crippen LogP contribution is -2.52. The molecule has 0 saturated carbocycles. The first kappa shape index (κ1) is 15.9. The molecular weight excluding hydrogens is 268 g/mol. The van der Waals surface area contributed by atoms with Gasteiger partial charge in [-0.3, -0.25) is 9.69 Å². The fraction of sp³-hybridized carbons (Fsp3) is 0.562. The molecule has 1 aromatic carbocycles. The molecule has 0 amide bonds. The Morgan fingerprint density at radius 2 is 1.71 bits per heavy atom. The lowest BCUT2D eigenvalue weighted by Gasteiger charge is -2.39. The molecule has 1 saturated heterocycles. The molecule has 0 aliphatic carbocycles. The number of nitrogens with zero attached hydrogens (tertiary/aromatic N) is 2. The highest BCUT2D eigenvalue weighted by molar-refractivity contribution is 5.75. The summed E-state index contributed by atoms with van der Waals surface area (Å²) in [5.74, 6) is 0. The number of rotatable bonds is 4. The second kappa shape index (κ2) is 6.56. The molecule has 5 heteroatoms. The third-order valence-corrected chi connectivity index (χ3v) is 3.48. The summed E-state index contributed by atoms with van der Waals surface area (Å²) < 4.78 is 5.57. The third kappa shape index (κ3) is 4.52.